The molecule has 0 atom stereocenters. The second kappa shape index (κ2) is 11.4. The van der Waals surface area contributed by atoms with Crippen LogP contribution in [0, 0.1) is 0 Å². The van der Waals surface area contributed by atoms with Crippen molar-refractivity contribution in [1.82, 2.24) is 15.1 Å². The number of urea groups is 1. The molecule has 1 saturated heterocycles. The smallest absolute Gasteiger partial charge is 0.319 e. The molecule has 2 amide bonds. The van der Waals surface area contributed by atoms with E-state index in [1.54, 1.807) is 0 Å². The van der Waals surface area contributed by atoms with Crippen molar-refractivity contribution >= 4 is 23.1 Å². The van der Waals surface area contributed by atoms with Crippen LogP contribution in [-0.2, 0) is 12.8 Å². The molecule has 1 fully saturated rings. The zero-order valence-electron chi connectivity index (χ0n) is 20.0. The van der Waals surface area contributed by atoms with Gasteiger partial charge in [0, 0.05) is 51.4 Å². The Morgan fingerprint density at radius 2 is 1.73 bits per heavy atom. The number of hydrogen-bond donors (Lipinski definition) is 4. The number of para-hydroxylation sites is 2. The Balaban J connectivity index is 1.33. The van der Waals surface area contributed by atoms with Crippen LogP contribution in [0.1, 0.15) is 30.9 Å². The van der Waals surface area contributed by atoms with Crippen LogP contribution >= 0.6 is 0 Å². The van der Waals surface area contributed by atoms with Gasteiger partial charge in [0.25, 0.3) is 0 Å². The average molecular weight is 451 g/mol. The van der Waals surface area contributed by atoms with Gasteiger partial charge in [-0.3, -0.25) is 4.90 Å². The lowest BCUT2D eigenvalue weighted by Crippen LogP contribution is -2.47. The molecule has 2 aliphatic heterocycles. The van der Waals surface area contributed by atoms with Crippen LogP contribution in [0.15, 0.2) is 42.5 Å². The fraction of sp³-hybridized carbons (Fsp3) is 0.500. The van der Waals surface area contributed by atoms with Gasteiger partial charge in [-0.1, -0.05) is 31.5 Å². The number of piperazine rings is 1. The maximum Gasteiger partial charge on any atom is 0.319 e. The third-order valence-electron chi connectivity index (χ3n) is 6.47. The van der Waals surface area contributed by atoms with E-state index in [0.717, 1.165) is 75.5 Å². The summed E-state index contributed by atoms with van der Waals surface area (Å²) in [6.07, 6.45) is 4.31. The van der Waals surface area contributed by atoms with Crippen molar-refractivity contribution in [3.8, 4) is 0 Å². The number of amides is 2. The highest BCUT2D eigenvalue weighted by atomic mass is 16.2. The zero-order chi connectivity index (χ0) is 23.0. The van der Waals surface area contributed by atoms with E-state index >= 15 is 0 Å². The highest BCUT2D eigenvalue weighted by Crippen LogP contribution is 2.29. The Hall–Kier alpha value is -2.77. The second-order valence-electron chi connectivity index (χ2n) is 9.26. The number of carbonyl (C=O) groups excluding carboxylic acids is 1. The highest BCUT2D eigenvalue weighted by molar-refractivity contribution is 5.89. The molecule has 7 heteroatoms. The van der Waals surface area contributed by atoms with Gasteiger partial charge in [-0.15, -0.1) is 0 Å². The number of fused-ring (bicyclic) bond motifs is 1. The number of aryl methyl sites for hydroxylation is 1. The SMILES string of the molecule is CCCCc1cc(CC2Nc3ccccc3N2)cc(NC(=O)NCCN2CCN(C)CC2)c1. The summed E-state index contributed by atoms with van der Waals surface area (Å²) in [5, 5.41) is 13.2. The van der Waals surface area contributed by atoms with E-state index in [9.17, 15) is 4.79 Å². The Kier molecular flexibility index (Phi) is 8.07. The van der Waals surface area contributed by atoms with Crippen molar-refractivity contribution in [3.63, 3.8) is 0 Å². The van der Waals surface area contributed by atoms with E-state index < -0.39 is 0 Å². The van der Waals surface area contributed by atoms with Gasteiger partial charge in [0.1, 0.15) is 6.17 Å². The number of hydrogen-bond acceptors (Lipinski definition) is 5. The van der Waals surface area contributed by atoms with Gasteiger partial charge in [0.05, 0.1) is 11.4 Å². The normalized spacial score (nSPS) is 16.7. The predicted octanol–water partition coefficient (Wildman–Crippen LogP) is 3.80. The van der Waals surface area contributed by atoms with Crippen molar-refractivity contribution in [2.45, 2.75) is 38.8 Å². The zero-order valence-corrected chi connectivity index (χ0v) is 20.0. The molecule has 0 spiro atoms. The lowest BCUT2D eigenvalue weighted by molar-refractivity contribution is 0.155. The fourth-order valence-corrected chi connectivity index (χ4v) is 4.54. The van der Waals surface area contributed by atoms with E-state index in [1.807, 2.05) is 12.1 Å². The van der Waals surface area contributed by atoms with E-state index in [4.69, 9.17) is 0 Å². The number of nitrogens with zero attached hydrogens (tertiary/aromatic N) is 2. The maximum atomic E-state index is 12.6. The number of benzene rings is 2. The van der Waals surface area contributed by atoms with Gasteiger partial charge >= 0.3 is 6.03 Å². The van der Waals surface area contributed by atoms with Crippen LogP contribution in [0.25, 0.3) is 0 Å². The van der Waals surface area contributed by atoms with Gasteiger partial charge in [-0.25, -0.2) is 4.79 Å². The largest absolute Gasteiger partial charge is 0.363 e. The first-order valence-electron chi connectivity index (χ1n) is 12.3. The number of nitrogens with one attached hydrogen (secondary N) is 4. The molecule has 0 saturated carbocycles. The Morgan fingerprint density at radius 3 is 2.42 bits per heavy atom. The summed E-state index contributed by atoms with van der Waals surface area (Å²) in [7, 11) is 2.16. The van der Waals surface area contributed by atoms with Crippen molar-refractivity contribution in [2.75, 3.05) is 62.3 Å². The molecule has 7 nitrogen and oxygen atoms in total. The summed E-state index contributed by atoms with van der Waals surface area (Å²) in [5.41, 5.74) is 5.64. The van der Waals surface area contributed by atoms with Gasteiger partial charge in [0.2, 0.25) is 0 Å². The van der Waals surface area contributed by atoms with Crippen molar-refractivity contribution in [2.24, 2.45) is 0 Å². The van der Waals surface area contributed by atoms with Gasteiger partial charge < -0.3 is 26.2 Å². The molecule has 4 N–H and O–H groups in total. The minimum atomic E-state index is -0.132. The highest BCUT2D eigenvalue weighted by Gasteiger charge is 2.19. The van der Waals surface area contributed by atoms with Crippen LogP contribution < -0.4 is 21.3 Å². The molecule has 2 aliphatic rings. The molecule has 178 valence electrons. The first-order chi connectivity index (χ1) is 16.1. The number of anilines is 3. The fourth-order valence-electron chi connectivity index (χ4n) is 4.54. The minimum absolute atomic E-state index is 0.132. The molecule has 4 rings (SSSR count). The molecule has 2 aromatic rings. The van der Waals surface area contributed by atoms with Crippen LogP contribution in [0.5, 0.6) is 0 Å². The molecule has 0 unspecified atom stereocenters. The lowest BCUT2D eigenvalue weighted by Gasteiger charge is -2.32. The summed E-state index contributed by atoms with van der Waals surface area (Å²) in [6.45, 7) is 8.07. The Labute approximate surface area is 197 Å². The van der Waals surface area contributed by atoms with Crippen molar-refractivity contribution in [3.05, 3.63) is 53.6 Å². The molecule has 0 aliphatic carbocycles. The van der Waals surface area contributed by atoms with E-state index in [1.165, 1.54) is 11.1 Å². The predicted molar refractivity (Wildman–Crippen MR) is 137 cm³/mol. The number of carbonyl (C=O) groups is 1. The Morgan fingerprint density at radius 1 is 1.03 bits per heavy atom. The van der Waals surface area contributed by atoms with Gasteiger partial charge in [-0.05, 0) is 55.3 Å². The second-order valence-corrected chi connectivity index (χ2v) is 9.26. The molecule has 2 aromatic carbocycles. The molecular weight excluding hydrogens is 412 g/mol. The molecule has 0 radical (unpaired) electrons. The third kappa shape index (κ3) is 6.85. The quantitative estimate of drug-likeness (QED) is 0.468. The van der Waals surface area contributed by atoms with Crippen LogP contribution in [-0.4, -0.2) is 68.3 Å². The van der Waals surface area contributed by atoms with Crippen LogP contribution in [0.3, 0.4) is 0 Å². The molecule has 0 bridgehead atoms. The summed E-state index contributed by atoms with van der Waals surface area (Å²) in [4.78, 5) is 17.3. The molecule has 2 heterocycles. The topological polar surface area (TPSA) is 71.7 Å². The molecule has 33 heavy (non-hydrogen) atoms. The summed E-state index contributed by atoms with van der Waals surface area (Å²) < 4.78 is 0. The maximum absolute atomic E-state index is 12.6. The summed E-state index contributed by atoms with van der Waals surface area (Å²) in [5.74, 6) is 0. The first kappa shape index (κ1) is 23.4. The third-order valence-corrected chi connectivity index (χ3v) is 6.47. The van der Waals surface area contributed by atoms with Crippen molar-refractivity contribution in [1.29, 1.82) is 0 Å². The minimum Gasteiger partial charge on any atom is -0.363 e. The van der Waals surface area contributed by atoms with Crippen LogP contribution in [0.2, 0.25) is 0 Å². The van der Waals surface area contributed by atoms with Gasteiger partial charge in [-0.2, -0.15) is 0 Å². The van der Waals surface area contributed by atoms with E-state index in [2.05, 4.69) is 75.4 Å². The van der Waals surface area contributed by atoms with Gasteiger partial charge in [0.15, 0.2) is 0 Å². The van der Waals surface area contributed by atoms with Crippen LogP contribution in [0.4, 0.5) is 21.9 Å². The van der Waals surface area contributed by atoms with Crippen molar-refractivity contribution < 1.29 is 4.79 Å². The number of rotatable bonds is 9. The van der Waals surface area contributed by atoms with E-state index in [-0.39, 0.29) is 12.2 Å². The lowest BCUT2D eigenvalue weighted by atomic mass is 10.0. The summed E-state index contributed by atoms with van der Waals surface area (Å²) in [6, 6.07) is 14.6. The molecule has 0 aromatic heterocycles. The average Bonchev–Trinajstić information content (AvgIpc) is 3.21. The number of likely N-dealkylation sites (N-methyl/N-ethyl adjacent to an activating group) is 1. The first-order valence-corrected chi connectivity index (χ1v) is 12.3. The Bertz CT molecular complexity index is 900. The standard InChI is InChI=1S/C26H38N6O/c1-3-4-7-20-16-21(19-25-29-23-8-5-6-9-24(23)30-25)18-22(17-20)28-26(33)27-10-11-32-14-12-31(2)13-15-32/h5-6,8-9,16-18,25,29-30H,3-4,7,10-15,19H2,1-2H3,(H2,27,28,33). The monoisotopic (exact) mass is 450 g/mol. The molecular formula is C26H38N6O. The summed E-state index contributed by atoms with van der Waals surface area (Å²) >= 11 is 0. The van der Waals surface area contributed by atoms with E-state index in [0.29, 0.717) is 6.54 Å². The number of unbranched alkanes of at least 4 members (excludes halogenated alkanes) is 1.